The molecule has 1 aliphatic heterocycles. The van der Waals surface area contributed by atoms with E-state index in [0.717, 1.165) is 43.1 Å². The minimum Gasteiger partial charge on any atom is -0.508 e. The van der Waals surface area contributed by atoms with Crippen LogP contribution in [0.2, 0.25) is 0 Å². The largest absolute Gasteiger partial charge is 0.508 e. The number of carbonyl (C=O) groups excluding carboxylic acids is 3. The van der Waals surface area contributed by atoms with Gasteiger partial charge in [-0.2, -0.15) is 0 Å². The monoisotopic (exact) mass is 918 g/mol. The first-order valence-corrected chi connectivity index (χ1v) is 23.0. The maximum absolute atomic E-state index is 14.0. The van der Waals surface area contributed by atoms with Gasteiger partial charge in [-0.05, 0) is 85.7 Å². The molecule has 0 bridgehead atoms. The van der Waals surface area contributed by atoms with Crippen LogP contribution in [0.5, 0.6) is 23.0 Å². The molecule has 15 heteroatoms. The third-order valence-corrected chi connectivity index (χ3v) is 12.4. The summed E-state index contributed by atoms with van der Waals surface area (Å²) in [5.74, 6) is 2.03. The van der Waals surface area contributed by atoms with E-state index in [1.807, 2.05) is 120 Å². The van der Waals surface area contributed by atoms with E-state index in [0.29, 0.717) is 63.1 Å². The summed E-state index contributed by atoms with van der Waals surface area (Å²) in [6, 6.07) is 28.7. The summed E-state index contributed by atoms with van der Waals surface area (Å²) in [4.78, 5) is 47.3. The Kier molecular flexibility index (Phi) is 16.1. The van der Waals surface area contributed by atoms with Crippen LogP contribution < -0.4 is 20.1 Å². The maximum Gasteiger partial charge on any atom is 0.246 e. The van der Waals surface area contributed by atoms with E-state index in [-0.39, 0.29) is 43.4 Å². The molecule has 3 unspecified atom stereocenters. The van der Waals surface area contributed by atoms with Gasteiger partial charge in [-0.15, -0.1) is 11.3 Å². The van der Waals surface area contributed by atoms with Crippen molar-refractivity contribution >= 4 is 39.1 Å². The van der Waals surface area contributed by atoms with Crippen molar-refractivity contribution in [3.63, 3.8) is 0 Å². The molecule has 1 fully saturated rings. The van der Waals surface area contributed by atoms with Gasteiger partial charge in [0.25, 0.3) is 0 Å². The minimum absolute atomic E-state index is 0.180. The first-order valence-electron chi connectivity index (χ1n) is 22.2. The van der Waals surface area contributed by atoms with Gasteiger partial charge in [-0.1, -0.05) is 75.4 Å². The van der Waals surface area contributed by atoms with E-state index in [9.17, 15) is 19.5 Å². The van der Waals surface area contributed by atoms with Crippen LogP contribution in [0.15, 0.2) is 108 Å². The summed E-state index contributed by atoms with van der Waals surface area (Å²) in [5, 5.41) is 16.9. The van der Waals surface area contributed by atoms with Crippen molar-refractivity contribution in [2.24, 2.45) is 5.41 Å². The fourth-order valence-corrected chi connectivity index (χ4v) is 8.87. The number of aryl methyl sites for hydroxylation is 1. The number of oxazole rings is 1. The molecule has 3 heterocycles. The summed E-state index contributed by atoms with van der Waals surface area (Å²) in [6.45, 7) is 11.5. The van der Waals surface area contributed by atoms with Gasteiger partial charge in [0.2, 0.25) is 17.7 Å². The number of phenols is 1. The van der Waals surface area contributed by atoms with Crippen LogP contribution in [0.25, 0.3) is 31.9 Å². The van der Waals surface area contributed by atoms with Crippen molar-refractivity contribution in [1.29, 1.82) is 0 Å². The van der Waals surface area contributed by atoms with Gasteiger partial charge in [-0.25, -0.2) is 4.98 Å². The second-order valence-electron chi connectivity index (χ2n) is 17.2. The lowest BCUT2D eigenvalue weighted by Gasteiger charge is -2.35. The summed E-state index contributed by atoms with van der Waals surface area (Å²) >= 11 is 1.57. The fourth-order valence-electron chi connectivity index (χ4n) is 7.70. The molecule has 3 N–H and O–H groups in total. The number of phenolic OH excluding ortho intramolecular Hbond substituents is 1. The van der Waals surface area contributed by atoms with Crippen molar-refractivity contribution in [3.05, 3.63) is 115 Å². The molecule has 7 rings (SSSR count). The smallest absolute Gasteiger partial charge is 0.246 e. The zero-order chi connectivity index (χ0) is 46.6. The number of aromatic nitrogens is 1. The molecule has 0 spiro atoms. The quantitative estimate of drug-likeness (QED) is 0.0590. The number of hydrogen-bond donors (Lipinski definition) is 3. The number of rotatable bonds is 21. The maximum atomic E-state index is 14.0. The Morgan fingerprint density at radius 1 is 0.848 bits per heavy atom. The lowest BCUT2D eigenvalue weighted by Crippen LogP contribution is -2.58. The highest BCUT2D eigenvalue weighted by Crippen LogP contribution is 2.47. The highest BCUT2D eigenvalue weighted by atomic mass is 32.1. The molecule has 66 heavy (non-hydrogen) atoms. The van der Waals surface area contributed by atoms with Gasteiger partial charge < -0.3 is 48.7 Å². The SMILES string of the molecule is Cc1ncoc1-c1ccc(C(C)NC(=O)C2CCCN2C(=O)C(NC(=O)COCCOCCOCCOc2ccc(Oc3c(-c4ccccc4)sc4cc(O)ccc34)cc2)C(C)(C)C)cc1. The number of aromatic hydroxyl groups is 1. The van der Waals surface area contributed by atoms with E-state index in [2.05, 4.69) is 15.6 Å². The van der Waals surface area contributed by atoms with Crippen LogP contribution in [0.4, 0.5) is 0 Å². The third-order valence-electron chi connectivity index (χ3n) is 11.2. The third kappa shape index (κ3) is 12.3. The Balaban J connectivity index is 0.768. The van der Waals surface area contributed by atoms with Crippen LogP contribution in [-0.2, 0) is 28.6 Å². The van der Waals surface area contributed by atoms with Gasteiger partial charge >= 0.3 is 0 Å². The van der Waals surface area contributed by atoms with Crippen molar-refractivity contribution in [1.82, 2.24) is 20.5 Å². The zero-order valence-electron chi connectivity index (χ0n) is 38.0. The predicted octanol–water partition coefficient (Wildman–Crippen LogP) is 8.86. The Morgan fingerprint density at radius 3 is 2.21 bits per heavy atom. The van der Waals surface area contributed by atoms with Crippen molar-refractivity contribution < 1.29 is 47.6 Å². The molecule has 4 aromatic carbocycles. The van der Waals surface area contributed by atoms with Crippen molar-refractivity contribution in [3.8, 4) is 44.8 Å². The number of benzene rings is 4. The first kappa shape index (κ1) is 47.7. The second-order valence-corrected chi connectivity index (χ2v) is 18.2. The standard InChI is InChI=1S/C51H58N4O10S/c1-33(35-13-15-36(16-14-35)45-34(2)52-32-64-45)53-49(58)42-12-9-23-55(42)50(59)48(51(3,4)5)54-44(57)31-62-27-26-60-24-25-61-28-29-63-39-18-20-40(21-19-39)65-46-41-22-17-38(56)30-43(41)66-47(46)37-10-7-6-8-11-37/h6-8,10-11,13-22,30,32-33,42,48,56H,9,12,23-29,31H2,1-5H3,(H,53,58)(H,54,57). The van der Waals surface area contributed by atoms with E-state index in [1.54, 1.807) is 28.4 Å². The number of fused-ring (bicyclic) bond motifs is 1. The molecule has 348 valence electrons. The number of likely N-dealkylation sites (tertiary alicyclic amines) is 1. The number of carbonyl (C=O) groups is 3. The fraction of sp³-hybridized carbons (Fsp3) is 0.373. The number of nitrogens with one attached hydrogen (secondary N) is 2. The molecule has 14 nitrogen and oxygen atoms in total. The Bertz CT molecular complexity index is 2540. The molecule has 0 saturated carbocycles. The number of ether oxygens (including phenoxy) is 5. The number of thiophene rings is 1. The number of hydrogen-bond acceptors (Lipinski definition) is 12. The molecule has 2 aromatic heterocycles. The molecule has 3 atom stereocenters. The molecular formula is C51H58N4O10S. The molecule has 0 aliphatic carbocycles. The summed E-state index contributed by atoms with van der Waals surface area (Å²) < 4.78 is 35.5. The van der Waals surface area contributed by atoms with E-state index < -0.39 is 23.4 Å². The van der Waals surface area contributed by atoms with Crippen molar-refractivity contribution in [2.75, 3.05) is 52.8 Å². The van der Waals surface area contributed by atoms with Crippen LogP contribution in [-0.4, -0.2) is 97.6 Å². The summed E-state index contributed by atoms with van der Waals surface area (Å²) in [6.07, 6.45) is 2.63. The normalized spacial score (nSPS) is 14.8. The molecule has 1 saturated heterocycles. The van der Waals surface area contributed by atoms with Gasteiger partial charge in [0.05, 0.1) is 49.6 Å². The predicted molar refractivity (Wildman–Crippen MR) is 253 cm³/mol. The van der Waals surface area contributed by atoms with Gasteiger partial charge in [0.1, 0.15) is 42.5 Å². The van der Waals surface area contributed by atoms with Gasteiger partial charge in [-0.3, -0.25) is 14.4 Å². The van der Waals surface area contributed by atoms with E-state index >= 15 is 0 Å². The minimum atomic E-state index is -0.860. The van der Waals surface area contributed by atoms with Gasteiger partial charge in [0.15, 0.2) is 17.9 Å². The second kappa shape index (κ2) is 22.3. The topological polar surface area (TPSA) is 171 Å². The molecule has 3 amide bonds. The summed E-state index contributed by atoms with van der Waals surface area (Å²) in [5.41, 5.74) is 3.03. The van der Waals surface area contributed by atoms with Crippen LogP contribution in [0, 0.1) is 12.3 Å². The highest BCUT2D eigenvalue weighted by Gasteiger charge is 2.42. The zero-order valence-corrected chi connectivity index (χ0v) is 38.9. The van der Waals surface area contributed by atoms with Gasteiger partial charge in [0, 0.05) is 22.2 Å². The van der Waals surface area contributed by atoms with Crippen LogP contribution in [0.1, 0.15) is 57.8 Å². The number of amides is 3. The lowest BCUT2D eigenvalue weighted by atomic mass is 9.85. The average molecular weight is 919 g/mol. The molecular weight excluding hydrogens is 861 g/mol. The Labute approximate surface area is 389 Å². The molecule has 6 aromatic rings. The van der Waals surface area contributed by atoms with Crippen LogP contribution in [0.3, 0.4) is 0 Å². The van der Waals surface area contributed by atoms with E-state index in [1.165, 1.54) is 6.39 Å². The Hall–Kier alpha value is -6.26. The molecule has 1 aliphatic rings. The molecule has 0 radical (unpaired) electrons. The number of nitrogens with zero attached hydrogens (tertiary/aromatic N) is 2. The Morgan fingerprint density at radius 2 is 1.53 bits per heavy atom. The first-order chi connectivity index (χ1) is 31.9. The lowest BCUT2D eigenvalue weighted by molar-refractivity contribution is -0.144. The highest BCUT2D eigenvalue weighted by molar-refractivity contribution is 7.22. The van der Waals surface area contributed by atoms with Crippen LogP contribution >= 0.6 is 11.3 Å². The van der Waals surface area contributed by atoms with Crippen molar-refractivity contribution in [2.45, 2.75) is 65.6 Å². The van der Waals surface area contributed by atoms with E-state index in [4.69, 9.17) is 28.1 Å². The average Bonchev–Trinajstić information content (AvgIpc) is 4.07. The summed E-state index contributed by atoms with van der Waals surface area (Å²) in [7, 11) is 0.